The third-order valence-corrected chi connectivity index (χ3v) is 4.81. The fourth-order valence-corrected chi connectivity index (χ4v) is 3.18. The summed E-state index contributed by atoms with van der Waals surface area (Å²) in [5.74, 6) is 0. The lowest BCUT2D eigenvalue weighted by Crippen LogP contribution is -2.64. The zero-order chi connectivity index (χ0) is 11.2. The molecule has 0 unspecified atom stereocenters. The molecule has 0 N–H and O–H groups in total. The SMILES string of the molecule is CC(C)N1CC(N2CCC3(CC2)COC3)C1. The molecule has 3 heteroatoms. The van der Waals surface area contributed by atoms with Crippen LogP contribution in [-0.2, 0) is 4.74 Å². The number of hydrogen-bond acceptors (Lipinski definition) is 3. The monoisotopic (exact) mass is 224 g/mol. The van der Waals surface area contributed by atoms with Crippen LogP contribution in [0.1, 0.15) is 26.7 Å². The van der Waals surface area contributed by atoms with Gasteiger partial charge in [0, 0.05) is 30.6 Å². The first kappa shape index (κ1) is 11.0. The molecule has 3 aliphatic heterocycles. The predicted molar refractivity (Wildman–Crippen MR) is 64.6 cm³/mol. The largest absolute Gasteiger partial charge is 0.380 e. The summed E-state index contributed by atoms with van der Waals surface area (Å²) in [6, 6.07) is 1.58. The molecule has 0 aliphatic carbocycles. The van der Waals surface area contributed by atoms with Gasteiger partial charge in [0.15, 0.2) is 0 Å². The summed E-state index contributed by atoms with van der Waals surface area (Å²) in [6.07, 6.45) is 2.73. The molecule has 1 spiro atoms. The molecular weight excluding hydrogens is 200 g/mol. The van der Waals surface area contributed by atoms with Crippen LogP contribution in [0.3, 0.4) is 0 Å². The van der Waals surface area contributed by atoms with Crippen molar-refractivity contribution in [2.45, 2.75) is 38.8 Å². The summed E-state index contributed by atoms with van der Waals surface area (Å²) >= 11 is 0. The van der Waals surface area contributed by atoms with Gasteiger partial charge in [0.2, 0.25) is 0 Å². The Labute approximate surface area is 98.7 Å². The van der Waals surface area contributed by atoms with E-state index < -0.39 is 0 Å². The lowest BCUT2D eigenvalue weighted by Gasteiger charge is -2.53. The zero-order valence-electron chi connectivity index (χ0n) is 10.6. The quantitative estimate of drug-likeness (QED) is 0.701. The molecule has 0 aromatic rings. The van der Waals surface area contributed by atoms with Crippen LogP contribution in [0.15, 0.2) is 0 Å². The smallest absolute Gasteiger partial charge is 0.0545 e. The predicted octanol–water partition coefficient (Wildman–Crippen LogP) is 1.19. The second kappa shape index (κ2) is 3.97. The van der Waals surface area contributed by atoms with Gasteiger partial charge in [0.1, 0.15) is 0 Å². The van der Waals surface area contributed by atoms with Crippen molar-refractivity contribution in [1.82, 2.24) is 9.80 Å². The van der Waals surface area contributed by atoms with Gasteiger partial charge in [0.25, 0.3) is 0 Å². The van der Waals surface area contributed by atoms with Gasteiger partial charge < -0.3 is 4.74 Å². The van der Waals surface area contributed by atoms with Crippen molar-refractivity contribution in [2.24, 2.45) is 5.41 Å². The maximum atomic E-state index is 5.37. The number of likely N-dealkylation sites (tertiary alicyclic amines) is 2. The Hall–Kier alpha value is -0.120. The summed E-state index contributed by atoms with van der Waals surface area (Å²) in [4.78, 5) is 5.28. The molecule has 0 atom stereocenters. The van der Waals surface area contributed by atoms with Crippen LogP contribution in [0.25, 0.3) is 0 Å². The van der Waals surface area contributed by atoms with Crippen LogP contribution in [0.5, 0.6) is 0 Å². The molecule has 0 bridgehead atoms. The highest BCUT2D eigenvalue weighted by Crippen LogP contribution is 2.39. The Morgan fingerprint density at radius 1 is 1.12 bits per heavy atom. The fourth-order valence-electron chi connectivity index (χ4n) is 3.18. The van der Waals surface area contributed by atoms with Gasteiger partial charge in [-0.3, -0.25) is 9.80 Å². The molecule has 0 radical (unpaired) electrons. The number of rotatable bonds is 2. The lowest BCUT2D eigenvalue weighted by molar-refractivity contribution is -0.148. The first-order chi connectivity index (χ1) is 7.69. The van der Waals surface area contributed by atoms with Crippen LogP contribution in [0.4, 0.5) is 0 Å². The molecule has 0 aromatic heterocycles. The van der Waals surface area contributed by atoms with E-state index in [-0.39, 0.29) is 0 Å². The minimum Gasteiger partial charge on any atom is -0.380 e. The third kappa shape index (κ3) is 1.79. The number of ether oxygens (including phenoxy) is 1. The topological polar surface area (TPSA) is 15.7 Å². The van der Waals surface area contributed by atoms with Crippen molar-refractivity contribution < 1.29 is 4.74 Å². The van der Waals surface area contributed by atoms with Gasteiger partial charge in [-0.1, -0.05) is 0 Å². The third-order valence-electron chi connectivity index (χ3n) is 4.81. The van der Waals surface area contributed by atoms with Crippen LogP contribution in [0.2, 0.25) is 0 Å². The molecule has 3 fully saturated rings. The van der Waals surface area contributed by atoms with E-state index in [0.29, 0.717) is 5.41 Å². The standard InChI is InChI=1S/C13H24N2O/c1-11(2)15-7-12(8-15)14-5-3-13(4-6-14)9-16-10-13/h11-12H,3-10H2,1-2H3. The fraction of sp³-hybridized carbons (Fsp3) is 1.00. The van der Waals surface area contributed by atoms with E-state index in [0.717, 1.165) is 25.3 Å². The highest BCUT2D eigenvalue weighted by atomic mass is 16.5. The molecule has 3 saturated heterocycles. The maximum Gasteiger partial charge on any atom is 0.0545 e. The molecule has 0 saturated carbocycles. The normalized spacial score (nSPS) is 31.7. The van der Waals surface area contributed by atoms with Gasteiger partial charge in [-0.15, -0.1) is 0 Å². The highest BCUT2D eigenvalue weighted by molar-refractivity contribution is 4.96. The minimum atomic E-state index is 0.595. The van der Waals surface area contributed by atoms with E-state index in [1.807, 2.05) is 0 Å². The van der Waals surface area contributed by atoms with Gasteiger partial charge in [-0.25, -0.2) is 0 Å². The molecule has 0 aromatic carbocycles. The number of hydrogen-bond donors (Lipinski definition) is 0. The van der Waals surface area contributed by atoms with Crippen LogP contribution in [-0.4, -0.2) is 61.3 Å². The van der Waals surface area contributed by atoms with Crippen LogP contribution in [0, 0.1) is 5.41 Å². The molecule has 3 heterocycles. The Bertz CT molecular complexity index is 247. The molecule has 16 heavy (non-hydrogen) atoms. The van der Waals surface area contributed by atoms with Gasteiger partial charge in [0.05, 0.1) is 13.2 Å². The molecular formula is C13H24N2O. The lowest BCUT2D eigenvalue weighted by atomic mass is 9.76. The first-order valence-electron chi connectivity index (χ1n) is 6.74. The Balaban J connectivity index is 1.45. The van der Waals surface area contributed by atoms with Gasteiger partial charge in [-0.2, -0.15) is 0 Å². The molecule has 3 aliphatic rings. The van der Waals surface area contributed by atoms with Crippen molar-refractivity contribution in [1.29, 1.82) is 0 Å². The number of nitrogens with zero attached hydrogens (tertiary/aromatic N) is 2. The van der Waals surface area contributed by atoms with Gasteiger partial charge in [-0.05, 0) is 39.8 Å². The summed E-state index contributed by atoms with van der Waals surface area (Å²) in [5.41, 5.74) is 0.595. The Morgan fingerprint density at radius 3 is 2.19 bits per heavy atom. The second-order valence-corrected chi connectivity index (χ2v) is 6.23. The van der Waals surface area contributed by atoms with Crippen LogP contribution < -0.4 is 0 Å². The van der Waals surface area contributed by atoms with Crippen LogP contribution >= 0.6 is 0 Å². The summed E-state index contributed by atoms with van der Waals surface area (Å²) < 4.78 is 5.37. The maximum absolute atomic E-state index is 5.37. The first-order valence-corrected chi connectivity index (χ1v) is 6.74. The van der Waals surface area contributed by atoms with E-state index in [4.69, 9.17) is 4.74 Å². The minimum absolute atomic E-state index is 0.595. The second-order valence-electron chi connectivity index (χ2n) is 6.23. The average Bonchev–Trinajstić information content (AvgIpc) is 2.13. The molecule has 3 rings (SSSR count). The summed E-state index contributed by atoms with van der Waals surface area (Å²) in [7, 11) is 0. The van der Waals surface area contributed by atoms with E-state index in [1.165, 1.54) is 39.0 Å². The molecule has 0 amide bonds. The summed E-state index contributed by atoms with van der Waals surface area (Å²) in [5, 5.41) is 0. The van der Waals surface area contributed by atoms with Crippen molar-refractivity contribution in [3.63, 3.8) is 0 Å². The Kier molecular flexibility index (Phi) is 2.73. The van der Waals surface area contributed by atoms with Crippen molar-refractivity contribution in [2.75, 3.05) is 39.4 Å². The number of piperidine rings is 1. The van der Waals surface area contributed by atoms with E-state index in [1.54, 1.807) is 0 Å². The Morgan fingerprint density at radius 2 is 1.75 bits per heavy atom. The summed E-state index contributed by atoms with van der Waals surface area (Å²) in [6.45, 7) is 11.9. The molecule has 92 valence electrons. The highest BCUT2D eigenvalue weighted by Gasteiger charge is 2.43. The van der Waals surface area contributed by atoms with E-state index >= 15 is 0 Å². The van der Waals surface area contributed by atoms with Crippen molar-refractivity contribution in [3.8, 4) is 0 Å². The van der Waals surface area contributed by atoms with Gasteiger partial charge >= 0.3 is 0 Å². The average molecular weight is 224 g/mol. The molecule has 3 nitrogen and oxygen atoms in total. The zero-order valence-corrected chi connectivity index (χ0v) is 10.6. The van der Waals surface area contributed by atoms with Crippen molar-refractivity contribution >= 4 is 0 Å². The van der Waals surface area contributed by atoms with E-state index in [9.17, 15) is 0 Å². The van der Waals surface area contributed by atoms with Crippen molar-refractivity contribution in [3.05, 3.63) is 0 Å². The van der Waals surface area contributed by atoms with E-state index in [2.05, 4.69) is 23.6 Å².